The Morgan fingerprint density at radius 1 is 1.22 bits per heavy atom. The fraction of sp³-hybridized carbons (Fsp3) is 0.143. The third-order valence-electron chi connectivity index (χ3n) is 3.33. The van der Waals surface area contributed by atoms with Crippen LogP contribution in [0.1, 0.15) is 5.82 Å². The zero-order valence-electron chi connectivity index (χ0n) is 12.3. The number of rotatable bonds is 3. The number of H-pyrrole nitrogens is 1. The molecule has 0 aliphatic carbocycles. The average molecular weight is 353 g/mol. The minimum absolute atomic E-state index is 0.0300. The van der Waals surface area contributed by atoms with E-state index in [1.54, 1.807) is 19.1 Å². The Balaban J connectivity index is 2.27. The van der Waals surface area contributed by atoms with Crippen molar-refractivity contribution in [2.45, 2.75) is 16.7 Å². The third-order valence-corrected chi connectivity index (χ3v) is 5.45. The lowest BCUT2D eigenvalue weighted by atomic mass is 10.3. The van der Waals surface area contributed by atoms with Crippen LogP contribution in [-0.4, -0.2) is 30.5 Å². The number of aromatic amines is 1. The number of nitrogens with two attached hydrogens (primary N) is 1. The maximum Gasteiger partial charge on any atom is 0.212 e. The molecule has 2 aromatic heterocycles. The number of fused-ring (bicyclic) bond motifs is 1. The summed E-state index contributed by atoms with van der Waals surface area (Å²) in [6.45, 7) is 1.62. The van der Waals surface area contributed by atoms with Gasteiger partial charge in [-0.15, -0.1) is 0 Å². The molecular weight excluding hydrogens is 340 g/mol. The van der Waals surface area contributed by atoms with Gasteiger partial charge in [-0.25, -0.2) is 18.4 Å². The molecule has 0 saturated heterocycles. The number of nitrogens with zero attached hydrogens (tertiary/aromatic N) is 2. The number of hydrogen-bond acceptors (Lipinski definition) is 6. The van der Waals surface area contributed by atoms with Gasteiger partial charge in [0.2, 0.25) is 9.84 Å². The summed E-state index contributed by atoms with van der Waals surface area (Å²) in [4.78, 5) is 10.9. The van der Waals surface area contributed by atoms with Crippen molar-refractivity contribution in [3.8, 4) is 5.75 Å². The van der Waals surface area contributed by atoms with Crippen molar-refractivity contribution in [1.82, 2.24) is 15.0 Å². The Morgan fingerprint density at radius 3 is 2.48 bits per heavy atom. The number of methoxy groups -OCH3 is 1. The van der Waals surface area contributed by atoms with Crippen LogP contribution < -0.4 is 10.5 Å². The normalized spacial score (nSPS) is 11.8. The standard InChI is InChI=1S/C14H13ClN4O3S/c1-7-17-10-11(13(15)18-7)19-14(16)12(10)23(20,21)9-5-3-8(22-2)4-6-9/h3-6,19H,16H2,1-2H3. The van der Waals surface area contributed by atoms with Gasteiger partial charge in [-0.2, -0.15) is 0 Å². The minimum Gasteiger partial charge on any atom is -0.497 e. The zero-order chi connectivity index (χ0) is 16.8. The largest absolute Gasteiger partial charge is 0.497 e. The molecule has 23 heavy (non-hydrogen) atoms. The van der Waals surface area contributed by atoms with Crippen LogP contribution in [0.15, 0.2) is 34.1 Å². The van der Waals surface area contributed by atoms with E-state index in [0.717, 1.165) is 0 Å². The van der Waals surface area contributed by atoms with Crippen LogP contribution in [0.2, 0.25) is 5.15 Å². The molecule has 3 N–H and O–H groups in total. The van der Waals surface area contributed by atoms with Gasteiger partial charge in [-0.05, 0) is 31.2 Å². The summed E-state index contributed by atoms with van der Waals surface area (Å²) in [7, 11) is -2.37. The average Bonchev–Trinajstić information content (AvgIpc) is 2.84. The van der Waals surface area contributed by atoms with Crippen molar-refractivity contribution in [1.29, 1.82) is 0 Å². The summed E-state index contributed by atoms with van der Waals surface area (Å²) >= 11 is 6.03. The van der Waals surface area contributed by atoms with Gasteiger partial charge in [0.1, 0.15) is 33.3 Å². The molecule has 3 aromatic rings. The van der Waals surface area contributed by atoms with E-state index in [2.05, 4.69) is 15.0 Å². The molecule has 120 valence electrons. The SMILES string of the molecule is COc1ccc(S(=O)(=O)c2c(N)[nH]c3c(Cl)nc(C)nc23)cc1. The molecule has 0 spiro atoms. The Hall–Kier alpha value is -2.32. The van der Waals surface area contributed by atoms with Crippen molar-refractivity contribution in [3.63, 3.8) is 0 Å². The first-order valence-corrected chi connectivity index (χ1v) is 8.41. The minimum atomic E-state index is -3.87. The van der Waals surface area contributed by atoms with E-state index in [0.29, 0.717) is 17.1 Å². The van der Waals surface area contributed by atoms with Gasteiger partial charge >= 0.3 is 0 Å². The van der Waals surface area contributed by atoms with Crippen LogP contribution >= 0.6 is 11.6 Å². The first kappa shape index (κ1) is 15.6. The Morgan fingerprint density at radius 2 is 1.87 bits per heavy atom. The number of aromatic nitrogens is 3. The number of halogens is 1. The predicted octanol–water partition coefficient (Wildman–Crippen LogP) is 2.34. The van der Waals surface area contributed by atoms with Gasteiger partial charge in [0.25, 0.3) is 0 Å². The smallest absolute Gasteiger partial charge is 0.212 e. The number of sulfone groups is 1. The molecule has 7 nitrogen and oxygen atoms in total. The highest BCUT2D eigenvalue weighted by Crippen LogP contribution is 2.34. The monoisotopic (exact) mass is 352 g/mol. The molecule has 0 aliphatic heterocycles. The number of hydrogen-bond donors (Lipinski definition) is 2. The summed E-state index contributed by atoms with van der Waals surface area (Å²) in [5.41, 5.74) is 6.34. The molecule has 0 unspecified atom stereocenters. The molecule has 9 heteroatoms. The molecule has 3 rings (SSSR count). The number of nitrogens with one attached hydrogen (secondary N) is 1. The molecule has 0 amide bonds. The molecule has 2 heterocycles. The molecule has 0 fully saturated rings. The second kappa shape index (κ2) is 5.39. The summed E-state index contributed by atoms with van der Waals surface area (Å²) < 4.78 is 30.8. The van der Waals surface area contributed by atoms with Crippen LogP contribution in [-0.2, 0) is 9.84 Å². The summed E-state index contributed by atoms with van der Waals surface area (Å²) in [6.07, 6.45) is 0. The van der Waals surface area contributed by atoms with Crippen molar-refractivity contribution in [2.75, 3.05) is 12.8 Å². The number of anilines is 1. The lowest BCUT2D eigenvalue weighted by Gasteiger charge is -2.06. The second-order valence-electron chi connectivity index (χ2n) is 4.83. The predicted molar refractivity (Wildman–Crippen MR) is 86.5 cm³/mol. The lowest BCUT2D eigenvalue weighted by molar-refractivity contribution is 0.414. The zero-order valence-corrected chi connectivity index (χ0v) is 13.9. The number of nitrogen functional groups attached to an aromatic ring is 1. The highest BCUT2D eigenvalue weighted by Gasteiger charge is 2.28. The van der Waals surface area contributed by atoms with Crippen LogP contribution in [0.5, 0.6) is 5.75 Å². The maximum absolute atomic E-state index is 12.9. The maximum atomic E-state index is 12.9. The van der Waals surface area contributed by atoms with Crippen molar-refractivity contribution in [3.05, 3.63) is 35.2 Å². The van der Waals surface area contributed by atoms with Gasteiger partial charge in [0.15, 0.2) is 5.15 Å². The Bertz CT molecular complexity index is 997. The van der Waals surface area contributed by atoms with Gasteiger partial charge in [0.05, 0.1) is 12.0 Å². The summed E-state index contributed by atoms with van der Waals surface area (Å²) in [6, 6.07) is 6.01. The van der Waals surface area contributed by atoms with E-state index in [-0.39, 0.29) is 26.3 Å². The van der Waals surface area contributed by atoms with E-state index in [4.69, 9.17) is 22.1 Å². The summed E-state index contributed by atoms with van der Waals surface area (Å²) in [5.74, 6) is 0.877. The van der Waals surface area contributed by atoms with Gasteiger partial charge in [0, 0.05) is 0 Å². The first-order valence-electron chi connectivity index (χ1n) is 6.55. The van der Waals surface area contributed by atoms with Crippen LogP contribution in [0, 0.1) is 6.92 Å². The lowest BCUT2D eigenvalue weighted by Crippen LogP contribution is -2.05. The third kappa shape index (κ3) is 2.49. The van der Waals surface area contributed by atoms with E-state index in [1.807, 2.05) is 0 Å². The fourth-order valence-electron chi connectivity index (χ4n) is 2.28. The summed E-state index contributed by atoms with van der Waals surface area (Å²) in [5, 5.41) is 0.121. The van der Waals surface area contributed by atoms with E-state index >= 15 is 0 Å². The molecule has 1 aromatic carbocycles. The highest BCUT2D eigenvalue weighted by atomic mass is 35.5. The topological polar surface area (TPSA) is 111 Å². The Kier molecular flexibility index (Phi) is 3.65. The number of ether oxygens (including phenoxy) is 1. The molecule has 0 radical (unpaired) electrons. The van der Waals surface area contributed by atoms with Crippen LogP contribution in [0.25, 0.3) is 11.0 Å². The molecule has 0 saturated carbocycles. The van der Waals surface area contributed by atoms with E-state index < -0.39 is 9.84 Å². The van der Waals surface area contributed by atoms with Crippen molar-refractivity contribution >= 4 is 38.3 Å². The fourth-order valence-corrected chi connectivity index (χ4v) is 4.01. The number of benzene rings is 1. The highest BCUT2D eigenvalue weighted by molar-refractivity contribution is 7.92. The molecule has 0 bridgehead atoms. The van der Waals surface area contributed by atoms with Crippen LogP contribution in [0.3, 0.4) is 0 Å². The van der Waals surface area contributed by atoms with Gasteiger partial charge in [-0.3, -0.25) is 0 Å². The van der Waals surface area contributed by atoms with Crippen LogP contribution in [0.4, 0.5) is 5.82 Å². The molecular formula is C14H13ClN4O3S. The van der Waals surface area contributed by atoms with E-state index in [9.17, 15) is 8.42 Å². The molecule has 0 aliphatic rings. The Labute approximate surface area is 137 Å². The van der Waals surface area contributed by atoms with Crippen molar-refractivity contribution in [2.24, 2.45) is 0 Å². The quantitative estimate of drug-likeness (QED) is 0.700. The van der Waals surface area contributed by atoms with E-state index in [1.165, 1.54) is 19.2 Å². The van der Waals surface area contributed by atoms with Gasteiger partial charge < -0.3 is 15.5 Å². The molecule has 0 atom stereocenters. The second-order valence-corrected chi connectivity index (χ2v) is 7.08. The van der Waals surface area contributed by atoms with Crippen molar-refractivity contribution < 1.29 is 13.2 Å². The van der Waals surface area contributed by atoms with Gasteiger partial charge in [-0.1, -0.05) is 11.6 Å². The first-order chi connectivity index (χ1) is 10.8. The number of aryl methyl sites for hydroxylation is 1.